The zero-order valence-corrected chi connectivity index (χ0v) is 19.3. The minimum atomic E-state index is 0.777. The zero-order valence-electron chi connectivity index (χ0n) is 18.5. The molecule has 2 aromatic carbocycles. The molecule has 0 unspecified atom stereocenters. The molecule has 4 nitrogen and oxygen atoms in total. The van der Waals surface area contributed by atoms with Crippen LogP contribution in [-0.2, 0) is 6.54 Å². The average molecular weight is 445 g/mol. The minimum Gasteiger partial charge on any atom is -0.347 e. The van der Waals surface area contributed by atoms with Gasteiger partial charge in [-0.25, -0.2) is 0 Å². The standard InChI is InChI=1S/C27H29ClN4/c1-30-12-14-31(15-13-30)10-5-11-32-20-26(25-9-8-24(28)17-27(25)32)23-16-22(18-29-19-23)21-6-3-2-4-7-21/h2-4,6-9,16-20H,5,10-15H2,1H3. The Kier molecular flexibility index (Phi) is 6.26. The second-order valence-corrected chi connectivity index (χ2v) is 9.16. The highest BCUT2D eigenvalue weighted by Crippen LogP contribution is 2.34. The fraction of sp³-hybridized carbons (Fsp3) is 0.296. The SMILES string of the molecule is CN1CCN(CCCn2cc(-c3cncc(-c4ccccc4)c3)c3ccc(Cl)cc32)CC1. The number of aromatic nitrogens is 2. The molecular formula is C27H29ClN4. The van der Waals surface area contributed by atoms with Crippen LogP contribution < -0.4 is 0 Å². The molecule has 0 aliphatic carbocycles. The summed E-state index contributed by atoms with van der Waals surface area (Å²) in [6.45, 7) is 6.77. The number of nitrogens with zero attached hydrogens (tertiary/aromatic N) is 4. The summed E-state index contributed by atoms with van der Waals surface area (Å²) in [7, 11) is 2.20. The molecule has 0 spiro atoms. The van der Waals surface area contributed by atoms with Crippen molar-refractivity contribution >= 4 is 22.5 Å². The van der Waals surface area contributed by atoms with Crippen LogP contribution in [0.25, 0.3) is 33.2 Å². The van der Waals surface area contributed by atoms with E-state index in [1.807, 2.05) is 24.5 Å². The van der Waals surface area contributed by atoms with E-state index in [0.29, 0.717) is 0 Å². The molecular weight excluding hydrogens is 416 g/mol. The number of benzene rings is 2. The first-order valence-electron chi connectivity index (χ1n) is 11.4. The molecule has 0 atom stereocenters. The summed E-state index contributed by atoms with van der Waals surface area (Å²) < 4.78 is 2.36. The van der Waals surface area contributed by atoms with Gasteiger partial charge in [0.1, 0.15) is 0 Å². The van der Waals surface area contributed by atoms with E-state index in [9.17, 15) is 0 Å². The van der Waals surface area contributed by atoms with E-state index >= 15 is 0 Å². The lowest BCUT2D eigenvalue weighted by atomic mass is 10.0. The number of fused-ring (bicyclic) bond motifs is 1. The lowest BCUT2D eigenvalue weighted by Gasteiger charge is -2.32. The molecule has 1 saturated heterocycles. The van der Waals surface area contributed by atoms with Crippen molar-refractivity contribution in [2.75, 3.05) is 39.8 Å². The fourth-order valence-electron chi connectivity index (χ4n) is 4.59. The van der Waals surface area contributed by atoms with Crippen molar-refractivity contribution < 1.29 is 0 Å². The number of likely N-dealkylation sites (N-methyl/N-ethyl adjacent to an activating group) is 1. The van der Waals surface area contributed by atoms with E-state index < -0.39 is 0 Å². The van der Waals surface area contributed by atoms with Gasteiger partial charge >= 0.3 is 0 Å². The zero-order chi connectivity index (χ0) is 21.9. The molecule has 5 heteroatoms. The van der Waals surface area contributed by atoms with Gasteiger partial charge in [0, 0.05) is 78.4 Å². The smallest absolute Gasteiger partial charge is 0.0501 e. The Bertz CT molecular complexity index is 1190. The number of aryl methyl sites for hydroxylation is 1. The Balaban J connectivity index is 1.42. The summed E-state index contributed by atoms with van der Waals surface area (Å²) in [6, 6.07) is 18.9. The van der Waals surface area contributed by atoms with Crippen LogP contribution in [0.1, 0.15) is 6.42 Å². The maximum Gasteiger partial charge on any atom is 0.0501 e. The van der Waals surface area contributed by atoms with Crippen LogP contribution in [0.5, 0.6) is 0 Å². The topological polar surface area (TPSA) is 24.3 Å². The van der Waals surface area contributed by atoms with E-state index in [-0.39, 0.29) is 0 Å². The van der Waals surface area contributed by atoms with Gasteiger partial charge in [0.05, 0.1) is 5.52 Å². The summed E-state index contributed by atoms with van der Waals surface area (Å²) in [6.07, 6.45) is 7.30. The fourth-order valence-corrected chi connectivity index (χ4v) is 4.76. The molecule has 32 heavy (non-hydrogen) atoms. The van der Waals surface area contributed by atoms with Gasteiger partial charge in [0.25, 0.3) is 0 Å². The average Bonchev–Trinajstić information content (AvgIpc) is 3.19. The number of hydrogen-bond donors (Lipinski definition) is 0. The Hall–Kier alpha value is -2.66. The molecule has 1 fully saturated rings. The van der Waals surface area contributed by atoms with Gasteiger partial charge in [0.15, 0.2) is 0 Å². The number of hydrogen-bond acceptors (Lipinski definition) is 3. The van der Waals surface area contributed by atoms with Gasteiger partial charge < -0.3 is 14.4 Å². The number of pyridine rings is 1. The number of piperazine rings is 1. The van der Waals surface area contributed by atoms with Crippen molar-refractivity contribution in [1.82, 2.24) is 19.4 Å². The van der Waals surface area contributed by atoms with Crippen LogP contribution in [0, 0.1) is 0 Å². The molecule has 1 aliphatic heterocycles. The highest BCUT2D eigenvalue weighted by Gasteiger charge is 2.15. The summed E-state index contributed by atoms with van der Waals surface area (Å²) >= 11 is 6.38. The normalized spacial score (nSPS) is 15.4. The first kappa shape index (κ1) is 21.2. The van der Waals surface area contributed by atoms with Gasteiger partial charge in [-0.1, -0.05) is 48.0 Å². The van der Waals surface area contributed by atoms with Crippen LogP contribution in [0.4, 0.5) is 0 Å². The molecule has 164 valence electrons. The summed E-state index contributed by atoms with van der Waals surface area (Å²) in [5, 5.41) is 2.00. The predicted molar refractivity (Wildman–Crippen MR) is 134 cm³/mol. The summed E-state index contributed by atoms with van der Waals surface area (Å²) in [5.74, 6) is 0. The third-order valence-corrected chi connectivity index (χ3v) is 6.71. The Morgan fingerprint density at radius 3 is 2.44 bits per heavy atom. The minimum absolute atomic E-state index is 0.777. The van der Waals surface area contributed by atoms with E-state index in [4.69, 9.17) is 11.6 Å². The Labute approximate surface area is 195 Å². The third-order valence-electron chi connectivity index (χ3n) is 6.47. The monoisotopic (exact) mass is 444 g/mol. The van der Waals surface area contributed by atoms with E-state index in [1.165, 1.54) is 22.0 Å². The molecule has 0 amide bonds. The molecule has 4 aromatic rings. The van der Waals surface area contributed by atoms with Gasteiger partial charge in [0.2, 0.25) is 0 Å². The molecule has 3 heterocycles. The molecule has 1 aliphatic rings. The highest BCUT2D eigenvalue weighted by atomic mass is 35.5. The van der Waals surface area contributed by atoms with Crippen molar-refractivity contribution in [3.8, 4) is 22.3 Å². The maximum absolute atomic E-state index is 6.38. The molecule has 5 rings (SSSR count). The summed E-state index contributed by atoms with van der Waals surface area (Å²) in [4.78, 5) is 9.54. The predicted octanol–water partition coefficient (Wildman–Crippen LogP) is 5.66. The Morgan fingerprint density at radius 1 is 0.844 bits per heavy atom. The second kappa shape index (κ2) is 9.45. The first-order chi connectivity index (χ1) is 15.7. The third kappa shape index (κ3) is 4.58. The van der Waals surface area contributed by atoms with Gasteiger partial charge in [-0.05, 0) is 43.8 Å². The van der Waals surface area contributed by atoms with Crippen LogP contribution >= 0.6 is 11.6 Å². The molecule has 0 radical (unpaired) electrons. The van der Waals surface area contributed by atoms with Crippen molar-refractivity contribution in [2.45, 2.75) is 13.0 Å². The quantitative estimate of drug-likeness (QED) is 0.383. The molecule has 0 saturated carbocycles. The Morgan fingerprint density at radius 2 is 1.62 bits per heavy atom. The van der Waals surface area contributed by atoms with Crippen molar-refractivity contribution in [1.29, 1.82) is 0 Å². The molecule has 0 bridgehead atoms. The maximum atomic E-state index is 6.38. The lowest BCUT2D eigenvalue weighted by molar-refractivity contribution is 0.151. The number of halogens is 1. The van der Waals surface area contributed by atoms with Crippen LogP contribution in [-0.4, -0.2) is 59.1 Å². The van der Waals surface area contributed by atoms with Crippen molar-refractivity contribution in [2.24, 2.45) is 0 Å². The van der Waals surface area contributed by atoms with E-state index in [0.717, 1.165) is 61.8 Å². The van der Waals surface area contributed by atoms with Crippen molar-refractivity contribution in [3.05, 3.63) is 78.2 Å². The largest absolute Gasteiger partial charge is 0.347 e. The second-order valence-electron chi connectivity index (χ2n) is 8.72. The van der Waals surface area contributed by atoms with E-state index in [1.54, 1.807) is 0 Å². The van der Waals surface area contributed by atoms with Gasteiger partial charge in [-0.2, -0.15) is 0 Å². The van der Waals surface area contributed by atoms with Gasteiger partial charge in [-0.15, -0.1) is 0 Å². The first-order valence-corrected chi connectivity index (χ1v) is 11.8. The lowest BCUT2D eigenvalue weighted by Crippen LogP contribution is -2.44. The van der Waals surface area contributed by atoms with E-state index in [2.05, 4.69) is 75.1 Å². The van der Waals surface area contributed by atoms with Crippen molar-refractivity contribution in [3.63, 3.8) is 0 Å². The van der Waals surface area contributed by atoms with Crippen LogP contribution in [0.15, 0.2) is 73.2 Å². The van der Waals surface area contributed by atoms with Gasteiger partial charge in [-0.3, -0.25) is 4.98 Å². The number of rotatable bonds is 6. The summed E-state index contributed by atoms with van der Waals surface area (Å²) in [5.41, 5.74) is 5.85. The van der Waals surface area contributed by atoms with Crippen LogP contribution in [0.2, 0.25) is 5.02 Å². The molecule has 2 aromatic heterocycles. The van der Waals surface area contributed by atoms with Crippen LogP contribution in [0.3, 0.4) is 0 Å². The highest BCUT2D eigenvalue weighted by molar-refractivity contribution is 6.31. The molecule has 0 N–H and O–H groups in total.